The van der Waals surface area contributed by atoms with Crippen molar-refractivity contribution in [3.05, 3.63) is 34.9 Å². The summed E-state index contributed by atoms with van der Waals surface area (Å²) in [6.07, 6.45) is 5.54. The average molecular weight is 273 g/mol. The van der Waals surface area contributed by atoms with Crippen LogP contribution in [0.4, 0.5) is 0 Å². The molecule has 1 aliphatic carbocycles. The lowest BCUT2D eigenvalue weighted by atomic mass is 9.70. The van der Waals surface area contributed by atoms with Crippen LogP contribution in [-0.2, 0) is 0 Å². The van der Waals surface area contributed by atoms with Gasteiger partial charge in [-0.3, -0.25) is 0 Å². The molecule has 0 aliphatic heterocycles. The van der Waals surface area contributed by atoms with Gasteiger partial charge in [-0.05, 0) is 74.2 Å². The lowest BCUT2D eigenvalue weighted by Gasteiger charge is -2.36. The molecular weight excluding hydrogens is 242 g/mol. The summed E-state index contributed by atoms with van der Waals surface area (Å²) in [6, 6.07) is 7.13. The van der Waals surface area contributed by atoms with E-state index in [1.165, 1.54) is 43.4 Å². The molecule has 1 aliphatic rings. The van der Waals surface area contributed by atoms with Crippen molar-refractivity contribution in [3.63, 3.8) is 0 Å². The molecule has 0 spiro atoms. The quantitative estimate of drug-likeness (QED) is 0.811. The van der Waals surface area contributed by atoms with E-state index in [1.807, 2.05) is 0 Å². The SMILES string of the molecule is CCNCC1CCC(CC)CC1c1ccc(C)c(C)c1. The molecule has 1 aromatic carbocycles. The van der Waals surface area contributed by atoms with Gasteiger partial charge in [-0.25, -0.2) is 0 Å². The van der Waals surface area contributed by atoms with E-state index in [1.54, 1.807) is 5.56 Å². The summed E-state index contributed by atoms with van der Waals surface area (Å²) in [5.74, 6) is 2.51. The highest BCUT2D eigenvalue weighted by molar-refractivity contribution is 5.32. The van der Waals surface area contributed by atoms with E-state index in [9.17, 15) is 0 Å². The molecular formula is C19H31N. The van der Waals surface area contributed by atoms with Crippen LogP contribution < -0.4 is 5.32 Å². The summed E-state index contributed by atoms with van der Waals surface area (Å²) >= 11 is 0. The van der Waals surface area contributed by atoms with Crippen molar-refractivity contribution in [1.82, 2.24) is 5.32 Å². The number of benzene rings is 1. The zero-order valence-electron chi connectivity index (χ0n) is 13.7. The first-order valence-electron chi connectivity index (χ1n) is 8.43. The van der Waals surface area contributed by atoms with Crippen molar-refractivity contribution in [2.75, 3.05) is 13.1 Å². The molecule has 1 nitrogen and oxygen atoms in total. The zero-order chi connectivity index (χ0) is 14.5. The minimum atomic E-state index is 0.757. The second kappa shape index (κ2) is 7.26. The largest absolute Gasteiger partial charge is 0.317 e. The second-order valence-electron chi connectivity index (χ2n) is 6.61. The Labute approximate surface area is 125 Å². The lowest BCUT2D eigenvalue weighted by molar-refractivity contribution is 0.226. The number of aryl methyl sites for hydroxylation is 2. The predicted octanol–water partition coefficient (Wildman–Crippen LogP) is 4.82. The topological polar surface area (TPSA) is 12.0 Å². The molecule has 1 aromatic rings. The van der Waals surface area contributed by atoms with Gasteiger partial charge in [0.15, 0.2) is 0 Å². The van der Waals surface area contributed by atoms with Gasteiger partial charge in [0, 0.05) is 0 Å². The highest BCUT2D eigenvalue weighted by atomic mass is 14.8. The molecule has 112 valence electrons. The van der Waals surface area contributed by atoms with Crippen molar-refractivity contribution >= 4 is 0 Å². The Hall–Kier alpha value is -0.820. The minimum Gasteiger partial charge on any atom is -0.317 e. The summed E-state index contributed by atoms with van der Waals surface area (Å²) in [5, 5.41) is 3.58. The summed E-state index contributed by atoms with van der Waals surface area (Å²) in [4.78, 5) is 0. The fourth-order valence-electron chi connectivity index (χ4n) is 3.67. The van der Waals surface area contributed by atoms with Crippen molar-refractivity contribution in [1.29, 1.82) is 0 Å². The van der Waals surface area contributed by atoms with Crippen molar-refractivity contribution in [2.24, 2.45) is 11.8 Å². The van der Waals surface area contributed by atoms with E-state index in [0.29, 0.717) is 0 Å². The van der Waals surface area contributed by atoms with Gasteiger partial charge in [0.1, 0.15) is 0 Å². The summed E-state index contributed by atoms with van der Waals surface area (Å²) in [5.41, 5.74) is 4.44. The molecule has 0 amide bonds. The molecule has 0 radical (unpaired) electrons. The van der Waals surface area contributed by atoms with Crippen molar-refractivity contribution in [3.8, 4) is 0 Å². The first-order valence-corrected chi connectivity index (χ1v) is 8.43. The molecule has 2 rings (SSSR count). The first-order chi connectivity index (χ1) is 9.65. The molecule has 1 fully saturated rings. The van der Waals surface area contributed by atoms with Crippen LogP contribution in [0.15, 0.2) is 18.2 Å². The zero-order valence-corrected chi connectivity index (χ0v) is 13.7. The van der Waals surface area contributed by atoms with Gasteiger partial charge in [-0.2, -0.15) is 0 Å². The van der Waals surface area contributed by atoms with Gasteiger partial charge in [0.25, 0.3) is 0 Å². The standard InChI is InChI=1S/C19H31N/c1-5-16-8-10-18(13-20-6-2)19(12-16)17-9-7-14(3)15(4)11-17/h7,9,11,16,18-20H,5-6,8,10,12-13H2,1-4H3. The number of nitrogens with one attached hydrogen (secondary N) is 1. The maximum absolute atomic E-state index is 3.58. The minimum absolute atomic E-state index is 0.757. The summed E-state index contributed by atoms with van der Waals surface area (Å²) in [6.45, 7) is 11.3. The van der Waals surface area contributed by atoms with Gasteiger partial charge in [-0.1, -0.05) is 44.9 Å². The van der Waals surface area contributed by atoms with Crippen LogP contribution in [0.5, 0.6) is 0 Å². The van der Waals surface area contributed by atoms with Gasteiger partial charge < -0.3 is 5.32 Å². The monoisotopic (exact) mass is 273 g/mol. The van der Waals surface area contributed by atoms with Gasteiger partial charge in [0.2, 0.25) is 0 Å². The predicted molar refractivity (Wildman–Crippen MR) is 88.3 cm³/mol. The maximum atomic E-state index is 3.58. The van der Waals surface area contributed by atoms with E-state index in [0.717, 1.165) is 24.3 Å². The Morgan fingerprint density at radius 2 is 1.90 bits per heavy atom. The fourth-order valence-corrected chi connectivity index (χ4v) is 3.67. The molecule has 1 saturated carbocycles. The van der Waals surface area contributed by atoms with E-state index >= 15 is 0 Å². The van der Waals surface area contributed by atoms with E-state index < -0.39 is 0 Å². The normalized spacial score (nSPS) is 26.7. The number of rotatable bonds is 5. The van der Waals surface area contributed by atoms with Crippen LogP contribution >= 0.6 is 0 Å². The van der Waals surface area contributed by atoms with Gasteiger partial charge in [-0.15, -0.1) is 0 Å². The first kappa shape index (κ1) is 15.6. The van der Waals surface area contributed by atoms with Crippen LogP contribution in [0, 0.1) is 25.7 Å². The van der Waals surface area contributed by atoms with Crippen LogP contribution in [0.3, 0.4) is 0 Å². The van der Waals surface area contributed by atoms with Gasteiger partial charge in [0.05, 0.1) is 0 Å². The van der Waals surface area contributed by atoms with Crippen LogP contribution in [0.2, 0.25) is 0 Å². The summed E-state index contributed by atoms with van der Waals surface area (Å²) in [7, 11) is 0. The maximum Gasteiger partial charge on any atom is -0.00148 e. The summed E-state index contributed by atoms with van der Waals surface area (Å²) < 4.78 is 0. The van der Waals surface area contributed by atoms with Crippen LogP contribution in [0.25, 0.3) is 0 Å². The third-order valence-electron chi connectivity index (χ3n) is 5.30. The molecule has 0 aromatic heterocycles. The lowest BCUT2D eigenvalue weighted by Crippen LogP contribution is -2.32. The molecule has 3 unspecified atom stereocenters. The molecule has 20 heavy (non-hydrogen) atoms. The average Bonchev–Trinajstić information content (AvgIpc) is 2.48. The molecule has 1 N–H and O–H groups in total. The van der Waals surface area contributed by atoms with Gasteiger partial charge >= 0.3 is 0 Å². The van der Waals surface area contributed by atoms with Crippen molar-refractivity contribution < 1.29 is 0 Å². The molecule has 0 saturated heterocycles. The Bertz CT molecular complexity index is 424. The second-order valence-corrected chi connectivity index (χ2v) is 6.61. The van der Waals surface area contributed by atoms with E-state index in [-0.39, 0.29) is 0 Å². The molecule has 1 heteroatoms. The van der Waals surface area contributed by atoms with Crippen molar-refractivity contribution in [2.45, 2.75) is 59.3 Å². The van der Waals surface area contributed by atoms with E-state index in [2.05, 4.69) is 51.2 Å². The Kier molecular flexibility index (Phi) is 5.65. The highest BCUT2D eigenvalue weighted by Gasteiger charge is 2.30. The number of hydrogen-bond acceptors (Lipinski definition) is 1. The molecule has 0 heterocycles. The highest BCUT2D eigenvalue weighted by Crippen LogP contribution is 2.41. The smallest absolute Gasteiger partial charge is 0.00148 e. The Morgan fingerprint density at radius 1 is 1.10 bits per heavy atom. The third-order valence-corrected chi connectivity index (χ3v) is 5.30. The fraction of sp³-hybridized carbons (Fsp3) is 0.684. The Balaban J connectivity index is 2.18. The van der Waals surface area contributed by atoms with Crippen LogP contribution in [-0.4, -0.2) is 13.1 Å². The number of hydrogen-bond donors (Lipinski definition) is 1. The van der Waals surface area contributed by atoms with E-state index in [4.69, 9.17) is 0 Å². The van der Waals surface area contributed by atoms with Crippen LogP contribution in [0.1, 0.15) is 62.1 Å². The Morgan fingerprint density at radius 3 is 2.55 bits per heavy atom. The molecule has 3 atom stereocenters. The third kappa shape index (κ3) is 3.63. The molecule has 0 bridgehead atoms.